The Bertz CT molecular complexity index is 1060. The lowest BCUT2D eigenvalue weighted by atomic mass is 10.1. The van der Waals surface area contributed by atoms with Crippen LogP contribution in [0.3, 0.4) is 0 Å². The molecule has 0 saturated carbocycles. The molecule has 154 valence electrons. The number of halogens is 1. The molecule has 1 aliphatic heterocycles. The van der Waals surface area contributed by atoms with Crippen LogP contribution >= 0.6 is 12.4 Å². The zero-order valence-corrected chi connectivity index (χ0v) is 16.6. The van der Waals surface area contributed by atoms with Crippen molar-refractivity contribution >= 4 is 24.0 Å². The molecular weight excluding hydrogens is 406 g/mol. The summed E-state index contributed by atoms with van der Waals surface area (Å²) in [6.45, 7) is 0.414. The van der Waals surface area contributed by atoms with Crippen molar-refractivity contribution in [2.24, 2.45) is 16.0 Å². The molecule has 1 unspecified atom stereocenters. The number of phenolic OH excluding ortho intramolecular Hbond substituents is 1. The monoisotopic (exact) mass is 425 g/mol. The fraction of sp³-hybridized carbons (Fsp3) is 0.100. The van der Waals surface area contributed by atoms with Crippen LogP contribution in [0.2, 0.25) is 0 Å². The van der Waals surface area contributed by atoms with Crippen molar-refractivity contribution in [1.29, 1.82) is 0 Å². The van der Waals surface area contributed by atoms with Crippen LogP contribution in [0.1, 0.15) is 5.56 Å². The Morgan fingerprint density at radius 3 is 2.50 bits per heavy atom. The number of phenols is 1. The Kier molecular flexibility index (Phi) is 6.33. The van der Waals surface area contributed by atoms with Crippen LogP contribution in [0, 0.1) is 0 Å². The molecule has 2 heterocycles. The second kappa shape index (κ2) is 9.10. The summed E-state index contributed by atoms with van der Waals surface area (Å²) in [5, 5.41) is 23.8. The molecular formula is C20H20ClN7O2. The fourth-order valence-electron chi connectivity index (χ4n) is 2.94. The third-order valence-electron chi connectivity index (χ3n) is 4.44. The predicted octanol–water partition coefficient (Wildman–Crippen LogP) is 2.69. The first kappa shape index (κ1) is 20.9. The summed E-state index contributed by atoms with van der Waals surface area (Å²) in [5.74, 6) is -0.0801. The SMILES string of the molecule is Cl.NC(=O)C1=C(NCc2ccc(O)cc2)N=NC1Nc1ccc(-n2ccnc2)cc1. The highest BCUT2D eigenvalue weighted by molar-refractivity contribution is 5.94. The fourth-order valence-corrected chi connectivity index (χ4v) is 2.94. The molecule has 10 heteroatoms. The molecule has 0 aliphatic carbocycles. The van der Waals surface area contributed by atoms with E-state index in [1.54, 1.807) is 36.8 Å². The standard InChI is InChI=1S/C20H19N7O2.ClH/c21-18(29)17-19(23-11-13-1-7-16(28)8-2-13)25-26-20(17)24-14-3-5-15(6-4-14)27-10-9-22-12-27;/h1-10,12,20,23-24,28H,11H2,(H2,21,29);1H. The highest BCUT2D eigenvalue weighted by Crippen LogP contribution is 2.23. The maximum absolute atomic E-state index is 12.0. The van der Waals surface area contributed by atoms with Gasteiger partial charge in [-0.15, -0.1) is 17.5 Å². The van der Waals surface area contributed by atoms with Gasteiger partial charge in [-0.2, -0.15) is 5.11 Å². The number of aromatic nitrogens is 2. The minimum absolute atomic E-state index is 0. The summed E-state index contributed by atoms with van der Waals surface area (Å²) in [6.07, 6.45) is 4.61. The quantitative estimate of drug-likeness (QED) is 0.462. The van der Waals surface area contributed by atoms with E-state index < -0.39 is 12.1 Å². The van der Waals surface area contributed by atoms with Crippen molar-refractivity contribution in [1.82, 2.24) is 14.9 Å². The van der Waals surface area contributed by atoms with E-state index in [1.165, 1.54) is 0 Å². The van der Waals surface area contributed by atoms with Crippen molar-refractivity contribution in [2.45, 2.75) is 12.7 Å². The van der Waals surface area contributed by atoms with E-state index in [0.717, 1.165) is 16.9 Å². The second-order valence-electron chi connectivity index (χ2n) is 6.43. The van der Waals surface area contributed by atoms with E-state index in [4.69, 9.17) is 5.73 Å². The number of azo groups is 1. The van der Waals surface area contributed by atoms with Gasteiger partial charge in [0, 0.05) is 30.3 Å². The van der Waals surface area contributed by atoms with E-state index >= 15 is 0 Å². The van der Waals surface area contributed by atoms with Crippen molar-refractivity contribution in [3.8, 4) is 11.4 Å². The zero-order chi connectivity index (χ0) is 20.2. The van der Waals surface area contributed by atoms with Crippen molar-refractivity contribution in [2.75, 3.05) is 5.32 Å². The third-order valence-corrected chi connectivity index (χ3v) is 4.44. The molecule has 0 radical (unpaired) electrons. The highest BCUT2D eigenvalue weighted by atomic mass is 35.5. The summed E-state index contributed by atoms with van der Waals surface area (Å²) in [5.41, 5.74) is 8.49. The van der Waals surface area contributed by atoms with E-state index in [2.05, 4.69) is 25.8 Å². The van der Waals surface area contributed by atoms with Crippen LogP contribution in [0.4, 0.5) is 5.69 Å². The number of amides is 1. The van der Waals surface area contributed by atoms with Gasteiger partial charge in [-0.1, -0.05) is 12.1 Å². The number of benzene rings is 2. The molecule has 0 saturated heterocycles. The normalized spacial score (nSPS) is 15.0. The van der Waals surface area contributed by atoms with Crippen molar-refractivity contribution in [3.63, 3.8) is 0 Å². The molecule has 30 heavy (non-hydrogen) atoms. The number of rotatable bonds is 7. The number of carbonyl (C=O) groups is 1. The Hall–Kier alpha value is -3.85. The maximum atomic E-state index is 12.0. The van der Waals surface area contributed by atoms with Gasteiger partial charge in [-0.05, 0) is 42.0 Å². The van der Waals surface area contributed by atoms with Crippen LogP contribution in [0.5, 0.6) is 5.75 Å². The predicted molar refractivity (Wildman–Crippen MR) is 114 cm³/mol. The van der Waals surface area contributed by atoms with Gasteiger partial charge in [0.25, 0.3) is 5.91 Å². The molecule has 2 aromatic carbocycles. The van der Waals surface area contributed by atoms with Gasteiger partial charge in [-0.25, -0.2) is 4.98 Å². The zero-order valence-electron chi connectivity index (χ0n) is 15.8. The first-order valence-electron chi connectivity index (χ1n) is 8.92. The number of anilines is 1. The average molecular weight is 426 g/mol. The van der Waals surface area contributed by atoms with Gasteiger partial charge >= 0.3 is 0 Å². The summed E-state index contributed by atoms with van der Waals surface area (Å²) >= 11 is 0. The molecule has 3 aromatic rings. The molecule has 1 aromatic heterocycles. The average Bonchev–Trinajstić information content (AvgIpc) is 3.38. The molecule has 4 rings (SSSR count). The Labute approximate surface area is 178 Å². The van der Waals surface area contributed by atoms with E-state index in [-0.39, 0.29) is 23.7 Å². The lowest BCUT2D eigenvalue weighted by molar-refractivity contribution is -0.114. The summed E-state index contributed by atoms with van der Waals surface area (Å²) in [4.78, 5) is 16.0. The number of nitrogens with two attached hydrogens (primary N) is 1. The second-order valence-corrected chi connectivity index (χ2v) is 6.43. The van der Waals surface area contributed by atoms with Gasteiger partial charge < -0.3 is 26.0 Å². The van der Waals surface area contributed by atoms with Gasteiger partial charge in [0.15, 0.2) is 12.0 Å². The van der Waals surface area contributed by atoms with Crippen LogP contribution in [-0.2, 0) is 11.3 Å². The summed E-state index contributed by atoms with van der Waals surface area (Å²) in [7, 11) is 0. The van der Waals surface area contributed by atoms with Gasteiger partial charge in [-0.3, -0.25) is 4.79 Å². The number of hydrogen-bond donors (Lipinski definition) is 4. The number of nitrogens with zero attached hydrogens (tertiary/aromatic N) is 4. The van der Waals surface area contributed by atoms with E-state index in [0.29, 0.717) is 12.4 Å². The topological polar surface area (TPSA) is 130 Å². The Morgan fingerprint density at radius 1 is 1.13 bits per heavy atom. The van der Waals surface area contributed by atoms with Crippen molar-refractivity contribution in [3.05, 3.63) is 84.2 Å². The third kappa shape index (κ3) is 4.58. The molecule has 0 spiro atoms. The van der Waals surface area contributed by atoms with E-state index in [9.17, 15) is 9.90 Å². The lowest BCUT2D eigenvalue weighted by Crippen LogP contribution is -2.29. The summed E-state index contributed by atoms with van der Waals surface area (Å²) in [6, 6.07) is 14.3. The van der Waals surface area contributed by atoms with Crippen LogP contribution < -0.4 is 16.4 Å². The summed E-state index contributed by atoms with van der Waals surface area (Å²) < 4.78 is 1.89. The molecule has 1 amide bonds. The van der Waals surface area contributed by atoms with Crippen LogP contribution in [-0.4, -0.2) is 26.7 Å². The largest absolute Gasteiger partial charge is 0.508 e. The van der Waals surface area contributed by atoms with Crippen LogP contribution in [0.25, 0.3) is 5.69 Å². The smallest absolute Gasteiger partial charge is 0.252 e. The van der Waals surface area contributed by atoms with Gasteiger partial charge in [0.05, 0.1) is 6.33 Å². The van der Waals surface area contributed by atoms with E-state index in [1.807, 2.05) is 35.0 Å². The number of aromatic hydroxyl groups is 1. The number of primary amides is 1. The van der Waals surface area contributed by atoms with Gasteiger partial charge in [0.2, 0.25) is 0 Å². The first-order chi connectivity index (χ1) is 14.1. The lowest BCUT2D eigenvalue weighted by Gasteiger charge is -2.14. The number of carbonyl (C=O) groups excluding carboxylic acids is 1. The molecule has 0 bridgehead atoms. The molecule has 1 aliphatic rings. The molecule has 0 fully saturated rings. The minimum Gasteiger partial charge on any atom is -0.508 e. The number of imidazole rings is 1. The first-order valence-corrected chi connectivity index (χ1v) is 8.92. The van der Waals surface area contributed by atoms with Crippen LogP contribution in [0.15, 0.2) is 88.9 Å². The highest BCUT2D eigenvalue weighted by Gasteiger charge is 2.28. The Morgan fingerprint density at radius 2 is 1.87 bits per heavy atom. The molecule has 9 nitrogen and oxygen atoms in total. The Balaban J connectivity index is 0.00000256. The number of hydrogen-bond acceptors (Lipinski definition) is 7. The minimum atomic E-state index is -0.672. The maximum Gasteiger partial charge on any atom is 0.252 e. The molecule has 1 atom stereocenters. The van der Waals surface area contributed by atoms with Crippen molar-refractivity contribution < 1.29 is 9.90 Å². The molecule has 5 N–H and O–H groups in total. The van der Waals surface area contributed by atoms with Gasteiger partial charge in [0.1, 0.15) is 11.3 Å². The number of nitrogens with one attached hydrogen (secondary N) is 2.